The lowest BCUT2D eigenvalue weighted by molar-refractivity contribution is -0.118. The van der Waals surface area contributed by atoms with Crippen LogP contribution in [0, 0.1) is 13.8 Å². The third kappa shape index (κ3) is 4.70. The van der Waals surface area contributed by atoms with Crippen LogP contribution in [0.3, 0.4) is 0 Å². The number of hydrogen-bond acceptors (Lipinski definition) is 2. The van der Waals surface area contributed by atoms with E-state index in [1.165, 1.54) is 19.3 Å². The first-order chi connectivity index (χ1) is 12.1. The molecule has 0 aromatic heterocycles. The number of amides is 1. The maximum absolute atomic E-state index is 13.1. The first-order valence-corrected chi connectivity index (χ1v) is 9.32. The molecule has 1 saturated carbocycles. The Kier molecular flexibility index (Phi) is 5.87. The maximum Gasteiger partial charge on any atom is 0.246 e. The fourth-order valence-electron chi connectivity index (χ4n) is 3.55. The summed E-state index contributed by atoms with van der Waals surface area (Å²) in [7, 11) is 0. The van der Waals surface area contributed by atoms with E-state index in [1.807, 2.05) is 50.2 Å². The predicted octanol–water partition coefficient (Wildman–Crippen LogP) is 4.91. The lowest BCUT2D eigenvalue weighted by atomic mass is 9.93. The summed E-state index contributed by atoms with van der Waals surface area (Å²) in [6.45, 7) is 4.07. The molecule has 1 fully saturated rings. The minimum Gasteiger partial charge on any atom is -0.324 e. The van der Waals surface area contributed by atoms with E-state index in [2.05, 4.69) is 22.8 Å². The second kappa shape index (κ2) is 8.30. The number of nitrogens with one attached hydrogen (secondary N) is 2. The molecule has 1 atom stereocenters. The van der Waals surface area contributed by atoms with Crippen molar-refractivity contribution in [2.75, 3.05) is 5.32 Å². The van der Waals surface area contributed by atoms with Gasteiger partial charge in [0, 0.05) is 11.7 Å². The van der Waals surface area contributed by atoms with Gasteiger partial charge in [-0.1, -0.05) is 61.7 Å². The Morgan fingerprint density at radius 2 is 1.72 bits per heavy atom. The summed E-state index contributed by atoms with van der Waals surface area (Å²) < 4.78 is 0. The molecule has 0 heterocycles. The number of rotatable bonds is 5. The molecular weight excluding hydrogens is 308 g/mol. The molecule has 2 N–H and O–H groups in total. The van der Waals surface area contributed by atoms with Crippen LogP contribution in [0.4, 0.5) is 5.69 Å². The molecule has 25 heavy (non-hydrogen) atoms. The van der Waals surface area contributed by atoms with Gasteiger partial charge in [0.15, 0.2) is 0 Å². The molecule has 0 aliphatic heterocycles. The monoisotopic (exact) mass is 336 g/mol. The molecule has 1 amide bonds. The van der Waals surface area contributed by atoms with E-state index >= 15 is 0 Å². The second-order valence-corrected chi connectivity index (χ2v) is 7.15. The average molecular weight is 336 g/mol. The first kappa shape index (κ1) is 17.7. The van der Waals surface area contributed by atoms with Crippen molar-refractivity contribution in [3.8, 4) is 0 Å². The first-order valence-electron chi connectivity index (χ1n) is 9.32. The molecule has 0 spiro atoms. The molecule has 0 radical (unpaired) electrons. The van der Waals surface area contributed by atoms with E-state index < -0.39 is 0 Å². The third-order valence-corrected chi connectivity index (χ3v) is 5.05. The van der Waals surface area contributed by atoms with E-state index in [4.69, 9.17) is 0 Å². The van der Waals surface area contributed by atoms with Crippen LogP contribution in [0.1, 0.15) is 54.8 Å². The predicted molar refractivity (Wildman–Crippen MR) is 104 cm³/mol. The summed E-state index contributed by atoms with van der Waals surface area (Å²) in [6.07, 6.45) is 6.11. The second-order valence-electron chi connectivity index (χ2n) is 7.15. The molecule has 0 bridgehead atoms. The smallest absolute Gasteiger partial charge is 0.246 e. The van der Waals surface area contributed by atoms with Gasteiger partial charge in [0.25, 0.3) is 0 Å². The van der Waals surface area contributed by atoms with Crippen LogP contribution in [-0.4, -0.2) is 11.9 Å². The third-order valence-electron chi connectivity index (χ3n) is 5.05. The van der Waals surface area contributed by atoms with Crippen LogP contribution >= 0.6 is 0 Å². The summed E-state index contributed by atoms with van der Waals surface area (Å²) in [4.78, 5) is 13.1. The van der Waals surface area contributed by atoms with Gasteiger partial charge in [0.05, 0.1) is 0 Å². The Labute approximate surface area is 150 Å². The summed E-state index contributed by atoms with van der Waals surface area (Å²) in [5, 5.41) is 6.75. The van der Waals surface area contributed by atoms with Gasteiger partial charge in [-0.2, -0.15) is 0 Å². The number of aryl methyl sites for hydroxylation is 2. The number of benzene rings is 2. The molecule has 1 aliphatic rings. The molecule has 2 aromatic carbocycles. The Bertz CT molecular complexity index is 705. The Hall–Kier alpha value is -2.13. The van der Waals surface area contributed by atoms with E-state index in [0.717, 1.165) is 35.2 Å². The topological polar surface area (TPSA) is 41.1 Å². The zero-order chi connectivity index (χ0) is 17.6. The highest BCUT2D eigenvalue weighted by Gasteiger charge is 2.25. The van der Waals surface area contributed by atoms with Gasteiger partial charge >= 0.3 is 0 Å². The maximum atomic E-state index is 13.1. The van der Waals surface area contributed by atoms with Crippen LogP contribution < -0.4 is 10.6 Å². The molecule has 1 aliphatic carbocycles. The van der Waals surface area contributed by atoms with E-state index in [0.29, 0.717) is 6.04 Å². The Balaban J connectivity index is 1.80. The average Bonchev–Trinajstić information content (AvgIpc) is 2.64. The van der Waals surface area contributed by atoms with Crippen LogP contribution in [0.2, 0.25) is 0 Å². The number of carbonyl (C=O) groups excluding carboxylic acids is 1. The Morgan fingerprint density at radius 1 is 1.00 bits per heavy atom. The fourth-order valence-corrected chi connectivity index (χ4v) is 3.55. The summed E-state index contributed by atoms with van der Waals surface area (Å²) in [6, 6.07) is 16.3. The molecular formula is C22H28N2O. The van der Waals surface area contributed by atoms with Crippen molar-refractivity contribution in [2.24, 2.45) is 0 Å². The highest BCUT2D eigenvalue weighted by atomic mass is 16.2. The van der Waals surface area contributed by atoms with Crippen LogP contribution in [0.5, 0.6) is 0 Å². The SMILES string of the molecule is Cc1ccc(C)c(NC(=O)[C@H](NC2CCCCC2)c2ccccc2)c1. The minimum atomic E-state index is -0.316. The summed E-state index contributed by atoms with van der Waals surface area (Å²) >= 11 is 0. The quantitative estimate of drug-likeness (QED) is 0.815. The molecule has 3 heteroatoms. The largest absolute Gasteiger partial charge is 0.324 e. The van der Waals surface area contributed by atoms with Crippen molar-refractivity contribution in [2.45, 2.75) is 58.0 Å². The molecule has 2 aromatic rings. The van der Waals surface area contributed by atoms with Gasteiger partial charge < -0.3 is 5.32 Å². The number of anilines is 1. The minimum absolute atomic E-state index is 0.0190. The lowest BCUT2D eigenvalue weighted by Crippen LogP contribution is -2.40. The van der Waals surface area contributed by atoms with Crippen molar-refractivity contribution >= 4 is 11.6 Å². The fraction of sp³-hybridized carbons (Fsp3) is 0.409. The highest BCUT2D eigenvalue weighted by molar-refractivity contribution is 5.96. The van der Waals surface area contributed by atoms with Gasteiger partial charge in [-0.05, 0) is 49.4 Å². The summed E-state index contributed by atoms with van der Waals surface area (Å²) in [5.74, 6) is 0.0190. The van der Waals surface area contributed by atoms with Gasteiger partial charge in [-0.25, -0.2) is 0 Å². The van der Waals surface area contributed by atoms with Crippen molar-refractivity contribution in [3.63, 3.8) is 0 Å². The van der Waals surface area contributed by atoms with Crippen molar-refractivity contribution in [3.05, 3.63) is 65.2 Å². The van der Waals surface area contributed by atoms with Gasteiger partial charge in [0.1, 0.15) is 6.04 Å². The highest BCUT2D eigenvalue weighted by Crippen LogP contribution is 2.24. The molecule has 0 saturated heterocycles. The lowest BCUT2D eigenvalue weighted by Gasteiger charge is -2.28. The molecule has 3 rings (SSSR count). The van der Waals surface area contributed by atoms with E-state index in [9.17, 15) is 4.79 Å². The van der Waals surface area contributed by atoms with Crippen molar-refractivity contribution in [1.29, 1.82) is 0 Å². The van der Waals surface area contributed by atoms with Crippen molar-refractivity contribution < 1.29 is 4.79 Å². The standard InChI is InChI=1S/C22H28N2O/c1-16-13-14-17(2)20(15-16)24-22(25)21(18-9-5-3-6-10-18)23-19-11-7-4-8-12-19/h3,5-6,9-10,13-15,19,21,23H,4,7-8,11-12H2,1-2H3,(H,24,25)/t21-/m1/s1. The normalized spacial score (nSPS) is 16.4. The number of carbonyl (C=O) groups is 1. The number of hydrogen-bond donors (Lipinski definition) is 2. The van der Waals surface area contributed by atoms with E-state index in [1.54, 1.807) is 0 Å². The summed E-state index contributed by atoms with van der Waals surface area (Å²) in [5.41, 5.74) is 4.16. The zero-order valence-electron chi connectivity index (χ0n) is 15.2. The van der Waals surface area contributed by atoms with Gasteiger partial charge in [-0.15, -0.1) is 0 Å². The molecule has 0 unspecified atom stereocenters. The van der Waals surface area contributed by atoms with Gasteiger partial charge in [0.2, 0.25) is 5.91 Å². The molecule has 3 nitrogen and oxygen atoms in total. The van der Waals surface area contributed by atoms with Crippen LogP contribution in [-0.2, 0) is 4.79 Å². The van der Waals surface area contributed by atoms with Crippen LogP contribution in [0.25, 0.3) is 0 Å². The van der Waals surface area contributed by atoms with Crippen LogP contribution in [0.15, 0.2) is 48.5 Å². The Morgan fingerprint density at radius 3 is 2.44 bits per heavy atom. The van der Waals surface area contributed by atoms with Gasteiger partial charge in [-0.3, -0.25) is 10.1 Å². The van der Waals surface area contributed by atoms with E-state index in [-0.39, 0.29) is 11.9 Å². The molecule has 132 valence electrons. The van der Waals surface area contributed by atoms with Crippen molar-refractivity contribution in [1.82, 2.24) is 5.32 Å². The zero-order valence-corrected chi connectivity index (χ0v) is 15.2.